The maximum absolute atomic E-state index is 12.9. The van der Waals surface area contributed by atoms with Crippen LogP contribution in [0.4, 0.5) is 4.79 Å². The summed E-state index contributed by atoms with van der Waals surface area (Å²) in [6.07, 6.45) is 1.60. The van der Waals surface area contributed by atoms with Gasteiger partial charge >= 0.3 is 0 Å². The van der Waals surface area contributed by atoms with Crippen LogP contribution in [0.3, 0.4) is 0 Å². The van der Waals surface area contributed by atoms with Gasteiger partial charge in [-0.2, -0.15) is 5.26 Å². The molecule has 3 amide bonds. The molecule has 9 nitrogen and oxygen atoms in total. The number of amides is 3. The number of carbonyl (C=O) groups is 3. The lowest BCUT2D eigenvalue weighted by molar-refractivity contribution is -0.139. The maximum atomic E-state index is 12.9. The Morgan fingerprint density at radius 1 is 1.14 bits per heavy atom. The molecule has 10 heteroatoms. The van der Waals surface area contributed by atoms with Gasteiger partial charge in [0, 0.05) is 18.7 Å². The van der Waals surface area contributed by atoms with E-state index in [9.17, 15) is 19.6 Å². The zero-order valence-electron chi connectivity index (χ0n) is 19.8. The van der Waals surface area contributed by atoms with Crippen molar-refractivity contribution in [3.8, 4) is 17.6 Å². The molecule has 186 valence electrons. The highest BCUT2D eigenvalue weighted by Gasteiger charge is 2.37. The van der Waals surface area contributed by atoms with E-state index in [1.807, 2.05) is 19.1 Å². The smallest absolute Gasteiger partial charge is 0.294 e. The van der Waals surface area contributed by atoms with E-state index in [1.54, 1.807) is 41.3 Å². The number of nitrogens with zero attached hydrogens (tertiary/aromatic N) is 3. The second-order valence-corrected chi connectivity index (χ2v) is 8.95. The van der Waals surface area contributed by atoms with Gasteiger partial charge in [-0.3, -0.25) is 19.3 Å². The van der Waals surface area contributed by atoms with Crippen molar-refractivity contribution in [3.63, 3.8) is 0 Å². The van der Waals surface area contributed by atoms with Crippen molar-refractivity contribution < 1.29 is 28.6 Å². The first-order valence-electron chi connectivity index (χ1n) is 11.5. The van der Waals surface area contributed by atoms with Gasteiger partial charge in [-0.25, -0.2) is 0 Å². The molecular formula is C26H25N3O6S. The Balaban J connectivity index is 1.47. The number of ether oxygens (including phenoxy) is 3. The van der Waals surface area contributed by atoms with E-state index in [2.05, 4.69) is 6.07 Å². The number of nitriles is 1. The minimum absolute atomic E-state index is 0.194. The molecule has 2 heterocycles. The molecule has 0 aromatic heterocycles. The van der Waals surface area contributed by atoms with E-state index in [4.69, 9.17) is 14.2 Å². The largest absolute Gasteiger partial charge is 0.490 e. The van der Waals surface area contributed by atoms with Crippen LogP contribution in [-0.2, 0) is 20.9 Å². The van der Waals surface area contributed by atoms with Crippen molar-refractivity contribution in [1.82, 2.24) is 9.80 Å². The van der Waals surface area contributed by atoms with E-state index in [0.29, 0.717) is 55.5 Å². The van der Waals surface area contributed by atoms with Crippen molar-refractivity contribution in [3.05, 3.63) is 64.1 Å². The van der Waals surface area contributed by atoms with Crippen LogP contribution in [0, 0.1) is 11.3 Å². The quantitative estimate of drug-likeness (QED) is 0.500. The second kappa shape index (κ2) is 11.7. The van der Waals surface area contributed by atoms with Gasteiger partial charge < -0.3 is 19.1 Å². The molecule has 0 radical (unpaired) electrons. The van der Waals surface area contributed by atoms with Crippen LogP contribution in [0.5, 0.6) is 11.5 Å². The number of benzene rings is 2. The third-order valence-electron chi connectivity index (χ3n) is 5.62. The molecule has 2 aromatic rings. The Labute approximate surface area is 213 Å². The van der Waals surface area contributed by atoms with Crippen LogP contribution < -0.4 is 9.47 Å². The molecule has 0 saturated carbocycles. The first-order chi connectivity index (χ1) is 17.5. The standard InChI is InChI=1S/C26H25N3O6S/c1-2-34-22-13-18(7-8-21(22)35-17-20-6-4-3-5-19(20)15-27)14-23-25(31)29(26(32)36-23)16-24(30)28-9-11-33-12-10-28/h3-8,13-14H,2,9-12,16-17H2,1H3/b23-14-. The minimum Gasteiger partial charge on any atom is -0.490 e. The monoisotopic (exact) mass is 507 g/mol. The molecule has 4 rings (SSSR count). The molecule has 0 spiro atoms. The van der Waals surface area contributed by atoms with Gasteiger partial charge in [0.15, 0.2) is 11.5 Å². The van der Waals surface area contributed by atoms with Crippen LogP contribution in [0.1, 0.15) is 23.6 Å². The Bertz CT molecular complexity index is 1230. The Morgan fingerprint density at radius 2 is 1.92 bits per heavy atom. The molecular weight excluding hydrogens is 482 g/mol. The topological polar surface area (TPSA) is 109 Å². The Hall–Kier alpha value is -3.81. The van der Waals surface area contributed by atoms with Crippen LogP contribution in [0.15, 0.2) is 47.4 Å². The first kappa shape index (κ1) is 25.3. The molecule has 2 saturated heterocycles. The van der Waals surface area contributed by atoms with E-state index >= 15 is 0 Å². The lowest BCUT2D eigenvalue weighted by atomic mass is 10.1. The maximum Gasteiger partial charge on any atom is 0.294 e. The summed E-state index contributed by atoms with van der Waals surface area (Å²) in [5.41, 5.74) is 1.94. The molecule has 2 aliphatic heterocycles. The van der Waals surface area contributed by atoms with Crippen molar-refractivity contribution >= 4 is 34.9 Å². The highest BCUT2D eigenvalue weighted by molar-refractivity contribution is 8.18. The van der Waals surface area contributed by atoms with Crippen molar-refractivity contribution in [2.45, 2.75) is 13.5 Å². The summed E-state index contributed by atoms with van der Waals surface area (Å²) in [4.78, 5) is 40.7. The lowest BCUT2D eigenvalue weighted by Crippen LogP contribution is -2.46. The summed E-state index contributed by atoms with van der Waals surface area (Å²) in [5, 5.41) is 8.80. The van der Waals surface area contributed by atoms with Gasteiger partial charge in [-0.1, -0.05) is 24.3 Å². The summed E-state index contributed by atoms with van der Waals surface area (Å²) >= 11 is 0.801. The molecule has 2 aromatic carbocycles. The van der Waals surface area contributed by atoms with Crippen molar-refractivity contribution in [2.24, 2.45) is 0 Å². The third kappa shape index (κ3) is 5.87. The van der Waals surface area contributed by atoms with Gasteiger partial charge in [0.2, 0.25) is 5.91 Å². The van der Waals surface area contributed by atoms with Crippen LogP contribution in [0.2, 0.25) is 0 Å². The summed E-state index contributed by atoms with van der Waals surface area (Å²) in [6.45, 7) is 3.93. The first-order valence-corrected chi connectivity index (χ1v) is 12.3. The molecule has 0 atom stereocenters. The summed E-state index contributed by atoms with van der Waals surface area (Å²) in [6, 6.07) is 14.5. The molecule has 0 aliphatic carbocycles. The van der Waals surface area contributed by atoms with E-state index in [0.717, 1.165) is 22.2 Å². The van der Waals surface area contributed by atoms with Gasteiger partial charge in [0.1, 0.15) is 13.2 Å². The van der Waals surface area contributed by atoms with Crippen molar-refractivity contribution in [1.29, 1.82) is 5.26 Å². The lowest BCUT2D eigenvalue weighted by Gasteiger charge is -2.28. The fourth-order valence-corrected chi connectivity index (χ4v) is 4.59. The molecule has 0 N–H and O–H groups in total. The predicted octanol–water partition coefficient (Wildman–Crippen LogP) is 3.43. The zero-order valence-corrected chi connectivity index (χ0v) is 20.6. The molecule has 36 heavy (non-hydrogen) atoms. The second-order valence-electron chi connectivity index (χ2n) is 7.96. The normalized spacial score (nSPS) is 16.8. The Morgan fingerprint density at radius 3 is 2.67 bits per heavy atom. The third-order valence-corrected chi connectivity index (χ3v) is 6.52. The highest BCUT2D eigenvalue weighted by Crippen LogP contribution is 2.35. The summed E-state index contributed by atoms with van der Waals surface area (Å²) in [5.74, 6) is 0.186. The molecule has 0 bridgehead atoms. The number of imide groups is 1. The average molecular weight is 508 g/mol. The SMILES string of the molecule is CCOc1cc(/C=C2\SC(=O)N(CC(=O)N3CCOCC3)C2=O)ccc1OCc1ccccc1C#N. The van der Waals surface area contributed by atoms with Gasteiger partial charge in [0.05, 0.1) is 36.4 Å². The van der Waals surface area contributed by atoms with Crippen molar-refractivity contribution in [2.75, 3.05) is 39.5 Å². The molecule has 2 aliphatic rings. The van der Waals surface area contributed by atoms with Gasteiger partial charge in [0.25, 0.3) is 11.1 Å². The van der Waals surface area contributed by atoms with Gasteiger partial charge in [-0.05, 0) is 48.5 Å². The van der Waals surface area contributed by atoms with Crippen LogP contribution in [0.25, 0.3) is 6.08 Å². The zero-order chi connectivity index (χ0) is 25.5. The van der Waals surface area contributed by atoms with E-state index < -0.39 is 11.1 Å². The highest BCUT2D eigenvalue weighted by atomic mass is 32.2. The number of carbonyl (C=O) groups excluding carboxylic acids is 3. The van der Waals surface area contributed by atoms with Gasteiger partial charge in [-0.15, -0.1) is 0 Å². The summed E-state index contributed by atoms with van der Waals surface area (Å²) < 4.78 is 16.9. The average Bonchev–Trinajstić information content (AvgIpc) is 3.16. The minimum atomic E-state index is -0.502. The number of hydrogen-bond acceptors (Lipinski definition) is 8. The van der Waals surface area contributed by atoms with Crippen LogP contribution in [-0.4, -0.2) is 66.3 Å². The number of rotatable bonds is 8. The Kier molecular flexibility index (Phi) is 8.25. The van der Waals surface area contributed by atoms with Crippen LogP contribution >= 0.6 is 11.8 Å². The fourth-order valence-electron chi connectivity index (χ4n) is 3.75. The van der Waals surface area contributed by atoms with E-state index in [-0.39, 0.29) is 24.0 Å². The fraction of sp³-hybridized carbons (Fsp3) is 0.308. The van der Waals surface area contributed by atoms with E-state index in [1.165, 1.54) is 0 Å². The number of hydrogen-bond donors (Lipinski definition) is 0. The number of morpholine rings is 1. The number of thioether (sulfide) groups is 1. The molecule has 0 unspecified atom stereocenters. The predicted molar refractivity (Wildman–Crippen MR) is 133 cm³/mol. The molecule has 2 fully saturated rings. The summed E-state index contributed by atoms with van der Waals surface area (Å²) in [7, 11) is 0.